The van der Waals surface area contributed by atoms with Crippen LogP contribution in [-0.4, -0.2) is 42.6 Å². The van der Waals surface area contributed by atoms with Crippen LogP contribution in [0.4, 0.5) is 0 Å². The van der Waals surface area contributed by atoms with E-state index in [0.717, 1.165) is 5.56 Å². The zero-order chi connectivity index (χ0) is 16.2. The van der Waals surface area contributed by atoms with Crippen LogP contribution in [0.2, 0.25) is 0 Å². The highest BCUT2D eigenvalue weighted by atomic mass is 32.2. The smallest absolute Gasteiger partial charge is 0.251 e. The molecule has 1 amide bonds. The Labute approximate surface area is 131 Å². The highest BCUT2D eigenvalue weighted by Gasteiger charge is 2.33. The number of nitrogens with one attached hydrogen (secondary N) is 1. The average Bonchev–Trinajstić information content (AvgIpc) is 2.48. The third-order valence-electron chi connectivity index (χ3n) is 4.12. The van der Waals surface area contributed by atoms with Gasteiger partial charge in [-0.3, -0.25) is 4.79 Å². The van der Waals surface area contributed by atoms with E-state index in [4.69, 9.17) is 0 Å². The van der Waals surface area contributed by atoms with E-state index in [1.165, 1.54) is 6.92 Å². The van der Waals surface area contributed by atoms with Crippen molar-refractivity contribution in [3.05, 3.63) is 35.9 Å². The molecular formula is C16H23NO4S. The summed E-state index contributed by atoms with van der Waals surface area (Å²) in [7, 11) is -2.95. The van der Waals surface area contributed by atoms with Gasteiger partial charge in [-0.05, 0) is 38.2 Å². The van der Waals surface area contributed by atoms with Crippen LogP contribution in [0, 0.1) is 0 Å². The van der Waals surface area contributed by atoms with Gasteiger partial charge in [-0.2, -0.15) is 0 Å². The van der Waals surface area contributed by atoms with E-state index in [9.17, 15) is 18.3 Å². The molecule has 0 radical (unpaired) electrons. The number of carbonyl (C=O) groups is 1. The van der Waals surface area contributed by atoms with Gasteiger partial charge in [-0.25, -0.2) is 8.42 Å². The van der Waals surface area contributed by atoms with Gasteiger partial charge in [0.05, 0.1) is 11.5 Å². The minimum absolute atomic E-state index is 0.101. The number of benzene rings is 1. The van der Waals surface area contributed by atoms with Crippen LogP contribution < -0.4 is 5.32 Å². The van der Waals surface area contributed by atoms with Crippen molar-refractivity contribution >= 4 is 15.7 Å². The Hall–Kier alpha value is -1.40. The molecule has 1 aliphatic heterocycles. The van der Waals surface area contributed by atoms with Crippen LogP contribution in [-0.2, 0) is 21.1 Å². The Kier molecular flexibility index (Phi) is 5.24. The molecule has 6 heteroatoms. The predicted octanol–water partition coefficient (Wildman–Crippen LogP) is 1.06. The van der Waals surface area contributed by atoms with Crippen LogP contribution in [0.15, 0.2) is 30.3 Å². The summed E-state index contributed by atoms with van der Waals surface area (Å²) in [5, 5.41) is 13.1. The largest absolute Gasteiger partial charge is 0.380 e. The Morgan fingerprint density at radius 2 is 1.86 bits per heavy atom. The Balaban J connectivity index is 1.85. The summed E-state index contributed by atoms with van der Waals surface area (Å²) in [5.41, 5.74) is -0.383. The lowest BCUT2D eigenvalue weighted by atomic mass is 9.95. The van der Waals surface area contributed by atoms with Crippen LogP contribution in [0.3, 0.4) is 0 Å². The molecule has 1 atom stereocenters. The molecule has 22 heavy (non-hydrogen) atoms. The van der Waals surface area contributed by atoms with Crippen molar-refractivity contribution in [2.45, 2.75) is 44.2 Å². The third-order valence-corrected chi connectivity index (χ3v) is 5.84. The first-order chi connectivity index (χ1) is 10.3. The van der Waals surface area contributed by atoms with Crippen molar-refractivity contribution < 1.29 is 18.3 Å². The summed E-state index contributed by atoms with van der Waals surface area (Å²) < 4.78 is 22.8. The second kappa shape index (κ2) is 6.79. The molecule has 1 fully saturated rings. The zero-order valence-electron chi connectivity index (χ0n) is 12.8. The number of hydrogen-bond donors (Lipinski definition) is 2. The van der Waals surface area contributed by atoms with Crippen molar-refractivity contribution in [2.24, 2.45) is 0 Å². The van der Waals surface area contributed by atoms with Gasteiger partial charge in [0.25, 0.3) is 5.91 Å². The van der Waals surface area contributed by atoms with Gasteiger partial charge >= 0.3 is 0 Å². The summed E-state index contributed by atoms with van der Waals surface area (Å²) in [4.78, 5) is 12.2. The minimum atomic E-state index is -2.95. The van der Waals surface area contributed by atoms with Gasteiger partial charge in [0.2, 0.25) is 0 Å². The quantitative estimate of drug-likeness (QED) is 0.848. The van der Waals surface area contributed by atoms with Crippen molar-refractivity contribution in [2.75, 3.05) is 11.5 Å². The topological polar surface area (TPSA) is 83.5 Å². The first-order valence-electron chi connectivity index (χ1n) is 7.56. The first-order valence-corrected chi connectivity index (χ1v) is 9.38. The fraction of sp³-hybridized carbons (Fsp3) is 0.562. The van der Waals surface area contributed by atoms with Gasteiger partial charge in [0.1, 0.15) is 15.4 Å². The number of sulfone groups is 1. The predicted molar refractivity (Wildman–Crippen MR) is 85.2 cm³/mol. The minimum Gasteiger partial charge on any atom is -0.380 e. The second-order valence-corrected chi connectivity index (χ2v) is 8.46. The monoisotopic (exact) mass is 325 g/mol. The summed E-state index contributed by atoms with van der Waals surface area (Å²) >= 11 is 0. The molecule has 1 saturated heterocycles. The van der Waals surface area contributed by atoms with Crippen LogP contribution >= 0.6 is 0 Å². The molecular weight excluding hydrogens is 302 g/mol. The van der Waals surface area contributed by atoms with Crippen molar-refractivity contribution in [3.8, 4) is 0 Å². The molecule has 5 nitrogen and oxygen atoms in total. The average molecular weight is 325 g/mol. The normalized spacial score (nSPS) is 21.0. The highest BCUT2D eigenvalue weighted by Crippen LogP contribution is 2.17. The number of aryl methyl sites for hydroxylation is 1. The van der Waals surface area contributed by atoms with E-state index < -0.39 is 21.3 Å². The van der Waals surface area contributed by atoms with E-state index in [2.05, 4.69) is 5.32 Å². The van der Waals surface area contributed by atoms with E-state index >= 15 is 0 Å². The number of rotatable bonds is 5. The molecule has 1 heterocycles. The van der Waals surface area contributed by atoms with Gasteiger partial charge in [-0.1, -0.05) is 30.3 Å². The molecule has 1 unspecified atom stereocenters. The zero-order valence-corrected chi connectivity index (χ0v) is 13.6. The first kappa shape index (κ1) is 17.0. The van der Waals surface area contributed by atoms with Crippen LogP contribution in [0.1, 0.15) is 31.7 Å². The van der Waals surface area contributed by atoms with Crippen molar-refractivity contribution in [3.63, 3.8) is 0 Å². The molecule has 2 rings (SSSR count). The maximum Gasteiger partial charge on any atom is 0.251 e. The fourth-order valence-corrected chi connectivity index (χ4v) is 4.01. The van der Waals surface area contributed by atoms with E-state index in [0.29, 0.717) is 25.7 Å². The lowest BCUT2D eigenvalue weighted by Crippen LogP contribution is -2.50. The van der Waals surface area contributed by atoms with Crippen LogP contribution in [0.5, 0.6) is 0 Å². The maximum atomic E-state index is 12.2. The lowest BCUT2D eigenvalue weighted by molar-refractivity contribution is -0.139. The summed E-state index contributed by atoms with van der Waals surface area (Å²) in [5.74, 6) is -0.221. The molecule has 0 spiro atoms. The summed E-state index contributed by atoms with van der Waals surface area (Å²) in [6, 6.07) is 9.52. The molecule has 0 saturated carbocycles. The number of aliphatic hydroxyl groups is 1. The summed E-state index contributed by atoms with van der Waals surface area (Å²) in [6.45, 7) is 1.50. The van der Waals surface area contributed by atoms with Gasteiger partial charge in [-0.15, -0.1) is 0 Å². The van der Waals surface area contributed by atoms with Gasteiger partial charge in [0.15, 0.2) is 0 Å². The Bertz CT molecular complexity index is 596. The molecule has 1 aromatic carbocycles. The lowest BCUT2D eigenvalue weighted by Gasteiger charge is -2.28. The Morgan fingerprint density at radius 1 is 1.27 bits per heavy atom. The standard InChI is InChI=1S/C16H23NO4S/c1-16(19,10-7-13-5-3-2-4-6-13)15(18)17-14-8-11-22(20,21)12-9-14/h2-6,14,19H,7-12H2,1H3,(H,17,18). The molecule has 0 aromatic heterocycles. The SMILES string of the molecule is CC(O)(CCc1ccccc1)C(=O)NC1CCS(=O)(=O)CC1. The number of carbonyl (C=O) groups excluding carboxylic acids is 1. The van der Waals surface area contributed by atoms with Gasteiger partial charge < -0.3 is 10.4 Å². The van der Waals surface area contributed by atoms with Crippen molar-refractivity contribution in [1.29, 1.82) is 0 Å². The molecule has 0 bridgehead atoms. The number of amides is 1. The molecule has 1 aromatic rings. The molecule has 122 valence electrons. The second-order valence-electron chi connectivity index (χ2n) is 6.16. The Morgan fingerprint density at radius 3 is 2.45 bits per heavy atom. The third kappa shape index (κ3) is 4.81. The van der Waals surface area contributed by atoms with E-state index in [1.54, 1.807) is 0 Å². The van der Waals surface area contributed by atoms with Crippen molar-refractivity contribution in [1.82, 2.24) is 5.32 Å². The highest BCUT2D eigenvalue weighted by molar-refractivity contribution is 7.91. The summed E-state index contributed by atoms with van der Waals surface area (Å²) in [6.07, 6.45) is 1.78. The molecule has 0 aliphatic carbocycles. The molecule has 1 aliphatic rings. The fourth-order valence-electron chi connectivity index (χ4n) is 2.52. The van der Waals surface area contributed by atoms with Crippen LogP contribution in [0.25, 0.3) is 0 Å². The van der Waals surface area contributed by atoms with E-state index in [1.807, 2.05) is 30.3 Å². The van der Waals surface area contributed by atoms with E-state index in [-0.39, 0.29) is 17.5 Å². The maximum absolute atomic E-state index is 12.2. The van der Waals surface area contributed by atoms with Gasteiger partial charge in [0, 0.05) is 6.04 Å². The number of hydrogen-bond acceptors (Lipinski definition) is 4. The molecule has 2 N–H and O–H groups in total.